The van der Waals surface area contributed by atoms with Crippen molar-refractivity contribution in [2.45, 2.75) is 27.3 Å². The van der Waals surface area contributed by atoms with E-state index in [4.69, 9.17) is 4.74 Å². The monoisotopic (exact) mass is 434 g/mol. The van der Waals surface area contributed by atoms with Crippen LogP contribution < -0.4 is 5.56 Å². The molecule has 0 bridgehead atoms. The Bertz CT molecular complexity index is 1370. The van der Waals surface area contributed by atoms with Crippen LogP contribution in [0.3, 0.4) is 0 Å². The first-order valence-electron chi connectivity index (χ1n) is 10.0. The van der Waals surface area contributed by atoms with Gasteiger partial charge in [0.05, 0.1) is 24.9 Å². The maximum Gasteiger partial charge on any atom is 0.348 e. The van der Waals surface area contributed by atoms with Gasteiger partial charge in [0.2, 0.25) is 0 Å². The Morgan fingerprint density at radius 2 is 1.87 bits per heavy atom. The Hall–Kier alpha value is -3.32. The summed E-state index contributed by atoms with van der Waals surface area (Å²) in [6, 6.07) is 13.3. The van der Waals surface area contributed by atoms with E-state index in [1.54, 1.807) is 13.0 Å². The molecule has 4 rings (SSSR count). The molecule has 0 aliphatic rings. The van der Waals surface area contributed by atoms with Crippen LogP contribution in [0, 0.1) is 12.8 Å². The average Bonchev–Trinajstić information content (AvgIpc) is 3.10. The number of aromatic nitrogens is 2. The molecule has 0 saturated carbocycles. The number of nitrogens with zero attached hydrogens (tertiary/aromatic N) is 2. The molecule has 7 heteroatoms. The highest BCUT2D eigenvalue weighted by molar-refractivity contribution is 7.20. The van der Waals surface area contributed by atoms with Gasteiger partial charge in [-0.3, -0.25) is 14.2 Å². The van der Waals surface area contributed by atoms with Gasteiger partial charge in [-0.05, 0) is 35.2 Å². The SMILES string of the molecule is Cc1c(C(=O)OCC(C)C)sc2ncn(CC(=O)c3ccc4ccccc4c3)c(=O)c12. The first-order valence-corrected chi connectivity index (χ1v) is 10.8. The van der Waals surface area contributed by atoms with Crippen LogP contribution in [0.1, 0.15) is 39.4 Å². The van der Waals surface area contributed by atoms with Crippen molar-refractivity contribution in [2.24, 2.45) is 5.92 Å². The minimum absolute atomic E-state index is 0.122. The molecule has 0 fully saturated rings. The van der Waals surface area contributed by atoms with Crippen LogP contribution in [0.5, 0.6) is 0 Å². The van der Waals surface area contributed by atoms with Crippen LogP contribution in [-0.4, -0.2) is 27.9 Å². The predicted molar refractivity (Wildman–Crippen MR) is 122 cm³/mol. The molecule has 0 aliphatic carbocycles. The zero-order chi connectivity index (χ0) is 22.1. The summed E-state index contributed by atoms with van der Waals surface area (Å²) in [5.74, 6) is -0.416. The zero-order valence-corrected chi connectivity index (χ0v) is 18.4. The van der Waals surface area contributed by atoms with Gasteiger partial charge in [-0.1, -0.05) is 50.2 Å². The summed E-state index contributed by atoms with van der Waals surface area (Å²) in [6.07, 6.45) is 1.36. The highest BCUT2D eigenvalue weighted by Gasteiger charge is 2.21. The van der Waals surface area contributed by atoms with Crippen molar-refractivity contribution in [3.8, 4) is 0 Å². The van der Waals surface area contributed by atoms with Crippen molar-refractivity contribution in [3.63, 3.8) is 0 Å². The molecule has 0 saturated heterocycles. The van der Waals surface area contributed by atoms with E-state index in [0.29, 0.717) is 32.8 Å². The smallest absolute Gasteiger partial charge is 0.348 e. The average molecular weight is 435 g/mol. The van der Waals surface area contributed by atoms with Crippen LogP contribution >= 0.6 is 11.3 Å². The summed E-state index contributed by atoms with van der Waals surface area (Å²) in [7, 11) is 0. The third kappa shape index (κ3) is 4.14. The molecule has 6 nitrogen and oxygen atoms in total. The molecule has 0 atom stereocenters. The van der Waals surface area contributed by atoms with E-state index in [-0.39, 0.29) is 23.8 Å². The topological polar surface area (TPSA) is 78.3 Å². The lowest BCUT2D eigenvalue weighted by molar-refractivity contribution is 0.0464. The standard InChI is InChI=1S/C24H22N2O4S/c1-14(2)12-30-24(29)21-15(3)20-22(31-21)25-13-26(23(20)28)11-19(27)18-9-8-16-6-4-5-7-17(16)10-18/h4-10,13-14H,11-12H2,1-3H3. The molecule has 0 N–H and O–H groups in total. The third-order valence-electron chi connectivity index (χ3n) is 5.04. The minimum Gasteiger partial charge on any atom is -0.461 e. The molecule has 0 unspecified atom stereocenters. The van der Waals surface area contributed by atoms with E-state index in [2.05, 4.69) is 4.98 Å². The Balaban J connectivity index is 1.64. The van der Waals surface area contributed by atoms with E-state index in [9.17, 15) is 14.4 Å². The number of aryl methyl sites for hydroxylation is 1. The molecule has 2 aromatic heterocycles. The van der Waals surface area contributed by atoms with Crippen molar-refractivity contribution in [3.05, 3.63) is 75.1 Å². The summed E-state index contributed by atoms with van der Waals surface area (Å²) in [5.41, 5.74) is 0.736. The van der Waals surface area contributed by atoms with Gasteiger partial charge < -0.3 is 4.74 Å². The van der Waals surface area contributed by atoms with Gasteiger partial charge in [-0.15, -0.1) is 11.3 Å². The lowest BCUT2D eigenvalue weighted by Gasteiger charge is -2.07. The fourth-order valence-electron chi connectivity index (χ4n) is 3.38. The number of fused-ring (bicyclic) bond motifs is 2. The van der Waals surface area contributed by atoms with E-state index < -0.39 is 5.97 Å². The number of hydrogen-bond acceptors (Lipinski definition) is 6. The summed E-state index contributed by atoms with van der Waals surface area (Å²) in [4.78, 5) is 43.5. The van der Waals surface area contributed by atoms with Crippen molar-refractivity contribution < 1.29 is 14.3 Å². The Kier molecular flexibility index (Phi) is 5.69. The Morgan fingerprint density at radius 1 is 1.13 bits per heavy atom. The molecule has 158 valence electrons. The normalized spacial score (nSPS) is 11.4. The summed E-state index contributed by atoms with van der Waals surface area (Å²) < 4.78 is 6.60. The molecule has 0 spiro atoms. The number of ketones is 1. The number of thiophene rings is 1. The quantitative estimate of drug-likeness (QED) is 0.327. The molecule has 31 heavy (non-hydrogen) atoms. The largest absolute Gasteiger partial charge is 0.461 e. The lowest BCUT2D eigenvalue weighted by atomic mass is 10.0. The number of rotatable bonds is 6. The minimum atomic E-state index is -0.451. The van der Waals surface area contributed by atoms with E-state index in [1.165, 1.54) is 10.9 Å². The van der Waals surface area contributed by atoms with E-state index >= 15 is 0 Å². The number of carbonyl (C=O) groups is 2. The van der Waals surface area contributed by atoms with Crippen LogP contribution in [0.4, 0.5) is 0 Å². The molecule has 2 heterocycles. The zero-order valence-electron chi connectivity index (χ0n) is 17.5. The number of Topliss-reactive ketones (excluding diaryl/α,β-unsaturated/α-hetero) is 1. The predicted octanol–water partition coefficient (Wildman–Crippen LogP) is 4.62. The Labute approximate surface area is 183 Å². The summed E-state index contributed by atoms with van der Waals surface area (Å²) in [5, 5.41) is 2.37. The molecular formula is C24H22N2O4S. The van der Waals surface area contributed by atoms with Gasteiger partial charge in [-0.25, -0.2) is 9.78 Å². The number of ether oxygens (including phenoxy) is 1. The van der Waals surface area contributed by atoms with Crippen molar-refractivity contribution in [1.29, 1.82) is 0 Å². The number of benzene rings is 2. The first-order chi connectivity index (χ1) is 14.8. The van der Waals surface area contributed by atoms with Gasteiger partial charge in [0.15, 0.2) is 5.78 Å². The van der Waals surface area contributed by atoms with Gasteiger partial charge in [-0.2, -0.15) is 0 Å². The maximum absolute atomic E-state index is 13.1. The highest BCUT2D eigenvalue weighted by Crippen LogP contribution is 2.27. The second kappa shape index (κ2) is 8.43. The van der Waals surface area contributed by atoms with Crippen LogP contribution in [0.15, 0.2) is 53.6 Å². The second-order valence-corrected chi connectivity index (χ2v) is 8.89. The van der Waals surface area contributed by atoms with E-state index in [0.717, 1.165) is 22.1 Å². The van der Waals surface area contributed by atoms with Gasteiger partial charge >= 0.3 is 5.97 Å². The third-order valence-corrected chi connectivity index (χ3v) is 6.22. The van der Waals surface area contributed by atoms with Gasteiger partial charge in [0.25, 0.3) is 5.56 Å². The first kappa shape index (κ1) is 20.9. The highest BCUT2D eigenvalue weighted by atomic mass is 32.1. The molecule has 0 radical (unpaired) electrons. The van der Waals surface area contributed by atoms with Crippen molar-refractivity contribution in [1.82, 2.24) is 9.55 Å². The number of hydrogen-bond donors (Lipinski definition) is 0. The van der Waals surface area contributed by atoms with E-state index in [1.807, 2.05) is 50.2 Å². The molecule has 2 aromatic carbocycles. The number of carbonyl (C=O) groups excluding carboxylic acids is 2. The van der Waals surface area contributed by atoms with Gasteiger partial charge in [0, 0.05) is 5.56 Å². The number of esters is 1. The fourth-order valence-corrected chi connectivity index (χ4v) is 4.42. The maximum atomic E-state index is 13.1. The van der Waals surface area contributed by atoms with Crippen LogP contribution in [0.2, 0.25) is 0 Å². The summed E-state index contributed by atoms with van der Waals surface area (Å²) >= 11 is 1.14. The van der Waals surface area contributed by atoms with Crippen molar-refractivity contribution >= 4 is 44.1 Å². The fraction of sp³-hybridized carbons (Fsp3) is 0.250. The molecule has 4 aromatic rings. The molecular weight excluding hydrogens is 412 g/mol. The summed E-state index contributed by atoms with van der Waals surface area (Å²) in [6.45, 7) is 5.81. The molecule has 0 aliphatic heterocycles. The Morgan fingerprint density at radius 3 is 2.61 bits per heavy atom. The second-order valence-electron chi connectivity index (χ2n) is 7.89. The lowest BCUT2D eigenvalue weighted by Crippen LogP contribution is -2.24. The molecule has 0 amide bonds. The van der Waals surface area contributed by atoms with Gasteiger partial charge in [0.1, 0.15) is 9.71 Å². The van der Waals surface area contributed by atoms with Crippen LogP contribution in [0.25, 0.3) is 21.0 Å². The van der Waals surface area contributed by atoms with Crippen LogP contribution in [-0.2, 0) is 11.3 Å². The van der Waals surface area contributed by atoms with Crippen molar-refractivity contribution in [2.75, 3.05) is 6.61 Å².